The van der Waals surface area contributed by atoms with E-state index in [9.17, 15) is 4.79 Å². The molecule has 1 fully saturated rings. The Morgan fingerprint density at radius 3 is 2.74 bits per heavy atom. The molecule has 0 aromatic heterocycles. The van der Waals surface area contributed by atoms with Crippen molar-refractivity contribution in [1.29, 1.82) is 0 Å². The summed E-state index contributed by atoms with van der Waals surface area (Å²) >= 11 is 0. The summed E-state index contributed by atoms with van der Waals surface area (Å²) < 4.78 is 0. The lowest BCUT2D eigenvalue weighted by atomic mass is 10.1. The van der Waals surface area contributed by atoms with Gasteiger partial charge in [-0.05, 0) is 69.5 Å². The van der Waals surface area contributed by atoms with Gasteiger partial charge in [-0.15, -0.1) is 0 Å². The van der Waals surface area contributed by atoms with Gasteiger partial charge in [0, 0.05) is 23.8 Å². The second-order valence-electron chi connectivity index (χ2n) is 8.65. The predicted octanol–water partition coefficient (Wildman–Crippen LogP) is 3.68. The molecule has 0 radical (unpaired) electrons. The van der Waals surface area contributed by atoms with E-state index in [4.69, 9.17) is 10.6 Å². The van der Waals surface area contributed by atoms with Gasteiger partial charge in [0.1, 0.15) is 0 Å². The minimum atomic E-state index is -0.719. The largest absolute Gasteiger partial charge is 0.381 e. The minimum absolute atomic E-state index is 0.101. The number of carbonyl (C=O) groups excluding carboxylic acids is 1. The molecule has 6 heteroatoms. The third-order valence-electron chi connectivity index (χ3n) is 6.18. The van der Waals surface area contributed by atoms with Crippen LogP contribution in [0.5, 0.6) is 0 Å². The van der Waals surface area contributed by atoms with Gasteiger partial charge in [0.15, 0.2) is 5.84 Å². The number of benzene rings is 2. The Balaban J connectivity index is 1.40. The van der Waals surface area contributed by atoms with E-state index < -0.39 is 6.10 Å². The van der Waals surface area contributed by atoms with Crippen molar-refractivity contribution in [3.63, 3.8) is 0 Å². The van der Waals surface area contributed by atoms with Gasteiger partial charge in [0.05, 0.1) is 0 Å². The molecule has 2 heterocycles. The number of carbonyl (C=O) groups is 1. The summed E-state index contributed by atoms with van der Waals surface area (Å²) in [6.07, 6.45) is 3.99. The third kappa shape index (κ3) is 4.90. The number of amides is 1. The van der Waals surface area contributed by atoms with E-state index in [-0.39, 0.29) is 17.8 Å². The number of para-hydroxylation sites is 1. The number of hydrogen-bond donors (Lipinski definition) is 1. The molecule has 2 aromatic carbocycles. The van der Waals surface area contributed by atoms with Crippen LogP contribution in [0.25, 0.3) is 0 Å². The minimum Gasteiger partial charge on any atom is -0.381 e. The summed E-state index contributed by atoms with van der Waals surface area (Å²) in [5.41, 5.74) is 10.4. The van der Waals surface area contributed by atoms with Crippen LogP contribution >= 0.6 is 0 Å². The van der Waals surface area contributed by atoms with Gasteiger partial charge in [0.2, 0.25) is 6.10 Å². The summed E-state index contributed by atoms with van der Waals surface area (Å²) in [5.74, 6) is 0.183. The van der Waals surface area contributed by atoms with Crippen molar-refractivity contribution in [1.82, 2.24) is 4.90 Å². The number of nitrogens with two attached hydrogens (primary N) is 1. The lowest BCUT2D eigenvalue weighted by molar-refractivity contribution is -0.129. The summed E-state index contributed by atoms with van der Waals surface area (Å²) in [6, 6.07) is 16.2. The molecule has 0 saturated carbocycles. The number of likely N-dealkylation sites (tertiary alicyclic amines) is 1. The maximum absolute atomic E-state index is 13.0. The molecule has 6 nitrogen and oxygen atoms in total. The van der Waals surface area contributed by atoms with E-state index >= 15 is 0 Å². The van der Waals surface area contributed by atoms with Crippen LogP contribution in [0.4, 0.5) is 5.69 Å². The topological polar surface area (TPSA) is 71.2 Å². The van der Waals surface area contributed by atoms with Gasteiger partial charge in [-0.2, -0.15) is 0 Å². The van der Waals surface area contributed by atoms with Gasteiger partial charge in [-0.3, -0.25) is 9.69 Å². The van der Waals surface area contributed by atoms with Crippen molar-refractivity contribution in [3.05, 3.63) is 65.2 Å². The maximum Gasteiger partial charge on any atom is 0.270 e. The van der Waals surface area contributed by atoms with Gasteiger partial charge >= 0.3 is 0 Å². The van der Waals surface area contributed by atoms with E-state index in [2.05, 4.69) is 35.2 Å². The van der Waals surface area contributed by atoms with Crippen LogP contribution in [0.15, 0.2) is 53.7 Å². The highest BCUT2D eigenvalue weighted by molar-refractivity contribution is 5.99. The first-order valence-electron chi connectivity index (χ1n) is 11.2. The zero-order valence-electron chi connectivity index (χ0n) is 18.5. The average Bonchev–Trinajstić information content (AvgIpc) is 3.13. The zero-order valence-corrected chi connectivity index (χ0v) is 18.5. The van der Waals surface area contributed by atoms with Gasteiger partial charge < -0.3 is 15.5 Å². The molecule has 2 aliphatic heterocycles. The molecule has 164 valence electrons. The number of piperidine rings is 1. The Morgan fingerprint density at radius 1 is 1.16 bits per heavy atom. The molecular formula is C25H32N4O2. The number of nitrogens with zero attached hydrogens (tertiary/aromatic N) is 3. The van der Waals surface area contributed by atoms with Crippen LogP contribution in [0.2, 0.25) is 0 Å². The van der Waals surface area contributed by atoms with Crippen LogP contribution < -0.4 is 10.6 Å². The molecule has 0 aliphatic carbocycles. The van der Waals surface area contributed by atoms with Gasteiger partial charge in [0.25, 0.3) is 5.91 Å². The van der Waals surface area contributed by atoms with E-state index in [0.29, 0.717) is 0 Å². The van der Waals surface area contributed by atoms with E-state index in [0.717, 1.165) is 37.3 Å². The number of anilines is 1. The fourth-order valence-electron chi connectivity index (χ4n) is 4.54. The molecule has 2 atom stereocenters. The summed E-state index contributed by atoms with van der Waals surface area (Å²) in [6.45, 7) is 6.99. The first kappa shape index (κ1) is 21.4. The molecule has 2 aromatic rings. The summed E-state index contributed by atoms with van der Waals surface area (Å²) in [4.78, 5) is 22.9. The molecule has 0 spiro atoms. The third-order valence-corrected chi connectivity index (χ3v) is 6.18. The molecule has 2 unspecified atom stereocenters. The fourth-order valence-corrected chi connectivity index (χ4v) is 4.54. The Kier molecular flexibility index (Phi) is 6.56. The number of fused-ring (bicyclic) bond motifs is 1. The normalized spacial score (nSPS) is 20.4. The first-order chi connectivity index (χ1) is 15.0. The molecule has 2 N–H and O–H groups in total. The second kappa shape index (κ2) is 9.52. The predicted molar refractivity (Wildman–Crippen MR) is 124 cm³/mol. The van der Waals surface area contributed by atoms with Crippen LogP contribution in [0.1, 0.15) is 49.8 Å². The lowest BCUT2D eigenvalue weighted by Crippen LogP contribution is -2.42. The Hall–Kier alpha value is -2.86. The van der Waals surface area contributed by atoms with Crippen molar-refractivity contribution in [2.24, 2.45) is 10.9 Å². The molecule has 31 heavy (non-hydrogen) atoms. The number of rotatable bonds is 6. The number of oxime groups is 1. The van der Waals surface area contributed by atoms with E-state index in [1.807, 2.05) is 35.2 Å². The smallest absolute Gasteiger partial charge is 0.270 e. The molecular weight excluding hydrogens is 388 g/mol. The summed E-state index contributed by atoms with van der Waals surface area (Å²) in [7, 11) is 0. The number of amidine groups is 1. The maximum atomic E-state index is 13.0. The van der Waals surface area contributed by atoms with Crippen molar-refractivity contribution >= 4 is 17.4 Å². The summed E-state index contributed by atoms with van der Waals surface area (Å²) in [5, 5.41) is 4.09. The Morgan fingerprint density at radius 2 is 1.94 bits per heavy atom. The highest BCUT2D eigenvalue weighted by Crippen LogP contribution is 2.32. The standard InChI is InChI=1S/C25H32N4O2/c1-18-15-21-10-4-5-12-23(21)29(18)25(30)19(2)31-27-24(26)22-11-8-9-20(16-22)17-28-13-6-3-7-14-28/h4-5,8-12,16,18-19H,3,6-7,13-15,17H2,1-2H3,(H2,26,27). The highest BCUT2D eigenvalue weighted by Gasteiger charge is 2.34. The molecule has 2 aliphatic rings. The second-order valence-corrected chi connectivity index (χ2v) is 8.65. The van der Waals surface area contributed by atoms with Crippen LogP contribution in [0.3, 0.4) is 0 Å². The van der Waals surface area contributed by atoms with E-state index in [1.165, 1.54) is 30.4 Å². The Bertz CT molecular complexity index is 952. The van der Waals surface area contributed by atoms with Crippen LogP contribution in [-0.4, -0.2) is 41.9 Å². The average molecular weight is 421 g/mol. The lowest BCUT2D eigenvalue weighted by Gasteiger charge is -2.26. The Labute approximate surface area is 184 Å². The molecule has 4 rings (SSSR count). The molecule has 1 saturated heterocycles. The van der Waals surface area contributed by atoms with Crippen LogP contribution in [-0.2, 0) is 22.6 Å². The highest BCUT2D eigenvalue weighted by atomic mass is 16.6. The number of hydrogen-bond acceptors (Lipinski definition) is 4. The monoisotopic (exact) mass is 420 g/mol. The van der Waals surface area contributed by atoms with Gasteiger partial charge in [-0.25, -0.2) is 0 Å². The fraction of sp³-hybridized carbons (Fsp3) is 0.440. The SMILES string of the molecule is CC(O/N=C(/N)c1cccc(CN2CCCCC2)c1)C(=O)N1c2ccccc2CC1C. The van der Waals surface area contributed by atoms with Crippen molar-refractivity contribution in [2.75, 3.05) is 18.0 Å². The molecule has 1 amide bonds. The first-order valence-corrected chi connectivity index (χ1v) is 11.2. The van der Waals surface area contributed by atoms with Crippen molar-refractivity contribution in [3.8, 4) is 0 Å². The molecule has 0 bridgehead atoms. The zero-order chi connectivity index (χ0) is 21.8. The quantitative estimate of drug-likeness (QED) is 0.440. The van der Waals surface area contributed by atoms with Crippen molar-refractivity contribution in [2.45, 2.75) is 58.2 Å². The van der Waals surface area contributed by atoms with Gasteiger partial charge in [-0.1, -0.05) is 48.0 Å². The van der Waals surface area contributed by atoms with Crippen LogP contribution in [0, 0.1) is 0 Å². The van der Waals surface area contributed by atoms with E-state index in [1.54, 1.807) is 6.92 Å². The van der Waals surface area contributed by atoms with Crippen molar-refractivity contribution < 1.29 is 9.63 Å².